The monoisotopic (exact) mass is 329 g/mol. The predicted molar refractivity (Wildman–Crippen MR) is 80.8 cm³/mol. The fourth-order valence-corrected chi connectivity index (χ4v) is 1.94. The third-order valence-corrected chi connectivity index (χ3v) is 2.99. The van der Waals surface area contributed by atoms with Crippen molar-refractivity contribution in [3.05, 3.63) is 72.3 Å². The molecule has 24 heavy (non-hydrogen) atoms. The zero-order valence-corrected chi connectivity index (χ0v) is 11.7. The molecule has 11 nitrogen and oxygen atoms in total. The summed E-state index contributed by atoms with van der Waals surface area (Å²) in [5, 5.41) is 44.6. The van der Waals surface area contributed by atoms with Gasteiger partial charge >= 0.3 is 11.4 Å². The van der Waals surface area contributed by atoms with E-state index in [-0.39, 0.29) is 11.3 Å². The van der Waals surface area contributed by atoms with Gasteiger partial charge in [0.2, 0.25) is 0 Å². The Bertz CT molecular complexity index is 869. The van der Waals surface area contributed by atoms with Gasteiger partial charge in [-0.25, -0.2) is 0 Å². The number of nitro groups is 3. The summed E-state index contributed by atoms with van der Waals surface area (Å²) in [5.74, 6) is 0. The molecule has 120 valence electrons. The van der Waals surface area contributed by atoms with Crippen LogP contribution in [0.4, 0.5) is 28.4 Å². The molecule has 0 saturated carbocycles. The molecule has 0 fully saturated rings. The molecule has 0 heterocycles. The fraction of sp³-hybridized carbons (Fsp3) is 0. The van der Waals surface area contributed by atoms with Gasteiger partial charge < -0.3 is 5.32 Å². The molecule has 2 aromatic carbocycles. The first-order valence-electron chi connectivity index (χ1n) is 6.22. The Morgan fingerprint density at radius 1 is 0.917 bits per heavy atom. The van der Waals surface area contributed by atoms with Crippen molar-refractivity contribution < 1.29 is 14.8 Å². The normalized spacial score (nSPS) is 9.79. The lowest BCUT2D eigenvalue weighted by Gasteiger charge is -2.09. The second kappa shape index (κ2) is 6.36. The first-order valence-corrected chi connectivity index (χ1v) is 6.22. The van der Waals surface area contributed by atoms with E-state index in [0.717, 1.165) is 0 Å². The SMILES string of the molecule is N#Cc1ccccc1Nc1c([N+](=O)[O-])cc([N+](=O)[O-])cc1[N+](=O)[O-]. The first kappa shape index (κ1) is 16.3. The zero-order chi connectivity index (χ0) is 17.9. The lowest BCUT2D eigenvalue weighted by Crippen LogP contribution is -2.04. The highest BCUT2D eigenvalue weighted by Crippen LogP contribution is 2.40. The highest BCUT2D eigenvalue weighted by molar-refractivity contribution is 5.82. The topological polar surface area (TPSA) is 165 Å². The zero-order valence-electron chi connectivity index (χ0n) is 11.7. The van der Waals surface area contributed by atoms with Crippen molar-refractivity contribution >= 4 is 28.4 Å². The van der Waals surface area contributed by atoms with Gasteiger partial charge in [-0.2, -0.15) is 5.26 Å². The average molecular weight is 329 g/mol. The average Bonchev–Trinajstić information content (AvgIpc) is 2.54. The van der Waals surface area contributed by atoms with Crippen molar-refractivity contribution in [3.8, 4) is 6.07 Å². The lowest BCUT2D eigenvalue weighted by molar-refractivity contribution is -0.401. The molecule has 0 saturated heterocycles. The van der Waals surface area contributed by atoms with Crippen LogP contribution >= 0.6 is 0 Å². The minimum absolute atomic E-state index is 0.0967. The highest BCUT2D eigenvalue weighted by atomic mass is 16.6. The van der Waals surface area contributed by atoms with E-state index in [0.29, 0.717) is 12.1 Å². The number of nitrogens with zero attached hydrogens (tertiary/aromatic N) is 4. The lowest BCUT2D eigenvalue weighted by atomic mass is 10.1. The van der Waals surface area contributed by atoms with Gasteiger partial charge in [-0.05, 0) is 12.1 Å². The molecule has 0 atom stereocenters. The van der Waals surface area contributed by atoms with Gasteiger partial charge in [0.05, 0.1) is 38.2 Å². The standard InChI is InChI=1S/C13H7N5O6/c14-7-8-3-1-2-4-10(8)15-13-11(17(21)22)5-9(16(19)20)6-12(13)18(23)24/h1-6,15H. The van der Waals surface area contributed by atoms with E-state index in [1.807, 2.05) is 6.07 Å². The predicted octanol–water partition coefficient (Wildman–Crippen LogP) is 3.03. The second-order valence-electron chi connectivity index (χ2n) is 4.41. The van der Waals surface area contributed by atoms with Crippen molar-refractivity contribution in [2.24, 2.45) is 0 Å². The molecule has 0 aliphatic rings. The van der Waals surface area contributed by atoms with Crippen molar-refractivity contribution in [2.45, 2.75) is 0 Å². The summed E-state index contributed by atoms with van der Waals surface area (Å²) in [6.07, 6.45) is 0. The molecule has 2 rings (SSSR count). The number of rotatable bonds is 5. The minimum Gasteiger partial charge on any atom is -0.343 e. The molecule has 11 heteroatoms. The Balaban J connectivity index is 2.71. The summed E-state index contributed by atoms with van der Waals surface area (Å²) in [5.41, 5.74) is -2.82. The molecule has 1 N–H and O–H groups in total. The Morgan fingerprint density at radius 2 is 1.46 bits per heavy atom. The molecular weight excluding hydrogens is 322 g/mol. The van der Waals surface area contributed by atoms with Crippen LogP contribution in [-0.2, 0) is 0 Å². The van der Waals surface area contributed by atoms with E-state index < -0.39 is 37.5 Å². The molecule has 0 aliphatic carbocycles. The number of non-ortho nitro benzene ring substituents is 1. The van der Waals surface area contributed by atoms with Gasteiger partial charge in [0.1, 0.15) is 6.07 Å². The number of para-hydroxylation sites is 1. The molecular formula is C13H7N5O6. The number of hydrogen-bond donors (Lipinski definition) is 1. The Morgan fingerprint density at radius 3 is 1.92 bits per heavy atom. The summed E-state index contributed by atoms with van der Waals surface area (Å²) in [4.78, 5) is 30.2. The first-order chi connectivity index (χ1) is 11.3. The largest absolute Gasteiger partial charge is 0.343 e. The summed E-state index contributed by atoms with van der Waals surface area (Å²) < 4.78 is 0. The highest BCUT2D eigenvalue weighted by Gasteiger charge is 2.31. The van der Waals surface area contributed by atoms with Gasteiger partial charge in [0.15, 0.2) is 5.69 Å². The van der Waals surface area contributed by atoms with Crippen LogP contribution in [-0.4, -0.2) is 14.8 Å². The number of benzene rings is 2. The molecule has 0 aromatic heterocycles. The molecule has 0 radical (unpaired) electrons. The summed E-state index contributed by atoms with van der Waals surface area (Å²) in [6.45, 7) is 0. The number of nitro benzene ring substituents is 3. The van der Waals surface area contributed by atoms with Crippen LogP contribution in [0.15, 0.2) is 36.4 Å². The summed E-state index contributed by atoms with van der Waals surface area (Å²) in [6, 6.07) is 8.93. The maximum atomic E-state index is 11.2. The molecule has 0 bridgehead atoms. The molecule has 0 amide bonds. The number of nitriles is 1. The van der Waals surface area contributed by atoms with E-state index in [4.69, 9.17) is 5.26 Å². The van der Waals surface area contributed by atoms with Crippen LogP contribution in [0.5, 0.6) is 0 Å². The van der Waals surface area contributed by atoms with Gasteiger partial charge in [0.25, 0.3) is 5.69 Å². The van der Waals surface area contributed by atoms with E-state index >= 15 is 0 Å². The smallest absolute Gasteiger partial charge is 0.306 e. The van der Waals surface area contributed by atoms with Crippen LogP contribution in [0.2, 0.25) is 0 Å². The quantitative estimate of drug-likeness (QED) is 0.645. The van der Waals surface area contributed by atoms with Crippen LogP contribution in [0.25, 0.3) is 0 Å². The Kier molecular flexibility index (Phi) is 4.32. The number of hydrogen-bond acceptors (Lipinski definition) is 8. The van der Waals surface area contributed by atoms with Crippen molar-refractivity contribution in [3.63, 3.8) is 0 Å². The van der Waals surface area contributed by atoms with E-state index in [2.05, 4.69) is 5.32 Å². The summed E-state index contributed by atoms with van der Waals surface area (Å²) in [7, 11) is 0. The summed E-state index contributed by atoms with van der Waals surface area (Å²) >= 11 is 0. The number of anilines is 2. The van der Waals surface area contributed by atoms with Crippen LogP contribution in [0.3, 0.4) is 0 Å². The maximum Gasteiger partial charge on any atom is 0.306 e. The van der Waals surface area contributed by atoms with Gasteiger partial charge in [-0.3, -0.25) is 30.3 Å². The molecule has 0 unspecified atom stereocenters. The third-order valence-electron chi connectivity index (χ3n) is 2.99. The molecule has 0 aliphatic heterocycles. The van der Waals surface area contributed by atoms with Gasteiger partial charge in [-0.15, -0.1) is 0 Å². The van der Waals surface area contributed by atoms with E-state index in [1.165, 1.54) is 18.2 Å². The number of nitrogens with one attached hydrogen (secondary N) is 1. The van der Waals surface area contributed by atoms with Crippen LogP contribution in [0, 0.1) is 41.7 Å². The van der Waals surface area contributed by atoms with Crippen LogP contribution in [0.1, 0.15) is 5.56 Å². The van der Waals surface area contributed by atoms with E-state index in [9.17, 15) is 30.3 Å². The van der Waals surface area contributed by atoms with E-state index in [1.54, 1.807) is 6.07 Å². The maximum absolute atomic E-state index is 11.2. The third kappa shape index (κ3) is 3.07. The van der Waals surface area contributed by atoms with Crippen molar-refractivity contribution in [1.29, 1.82) is 5.26 Å². The van der Waals surface area contributed by atoms with Gasteiger partial charge in [-0.1, -0.05) is 12.1 Å². The van der Waals surface area contributed by atoms with Crippen LogP contribution < -0.4 is 5.32 Å². The molecule has 2 aromatic rings. The minimum atomic E-state index is -0.975. The Labute approximate surface area is 133 Å². The van der Waals surface area contributed by atoms with Gasteiger partial charge in [0, 0.05) is 0 Å². The Hall–Kier alpha value is -4.07. The molecule has 0 spiro atoms. The van der Waals surface area contributed by atoms with Crippen molar-refractivity contribution in [1.82, 2.24) is 0 Å². The fourth-order valence-electron chi connectivity index (χ4n) is 1.94. The second-order valence-corrected chi connectivity index (χ2v) is 4.41. The van der Waals surface area contributed by atoms with Crippen molar-refractivity contribution in [2.75, 3.05) is 5.32 Å².